The number of carbonyl (C=O) groups excluding carboxylic acids is 1. The SMILES string of the molecule is CCCCCNC(=O)C1CC2CCCCC2N1. The summed E-state index contributed by atoms with van der Waals surface area (Å²) in [6.45, 7) is 3.03. The van der Waals surface area contributed by atoms with Gasteiger partial charge in [0.05, 0.1) is 6.04 Å². The number of unbranched alkanes of at least 4 members (excludes halogenated alkanes) is 2. The molecule has 1 heterocycles. The second kappa shape index (κ2) is 6.39. The third-order valence-corrected chi connectivity index (χ3v) is 4.26. The van der Waals surface area contributed by atoms with E-state index in [1.807, 2.05) is 0 Å². The summed E-state index contributed by atoms with van der Waals surface area (Å²) in [7, 11) is 0. The molecule has 17 heavy (non-hydrogen) atoms. The van der Waals surface area contributed by atoms with Gasteiger partial charge in [-0.25, -0.2) is 0 Å². The lowest BCUT2D eigenvalue weighted by Crippen LogP contribution is -2.43. The number of fused-ring (bicyclic) bond motifs is 1. The topological polar surface area (TPSA) is 41.1 Å². The fourth-order valence-corrected chi connectivity index (χ4v) is 3.23. The summed E-state index contributed by atoms with van der Waals surface area (Å²) in [5.74, 6) is 0.991. The Balaban J connectivity index is 1.70. The van der Waals surface area contributed by atoms with Crippen LogP contribution in [-0.2, 0) is 4.79 Å². The summed E-state index contributed by atoms with van der Waals surface area (Å²) in [5.41, 5.74) is 0. The zero-order valence-corrected chi connectivity index (χ0v) is 11.0. The van der Waals surface area contributed by atoms with E-state index < -0.39 is 0 Å². The normalized spacial score (nSPS) is 32.2. The summed E-state index contributed by atoms with van der Waals surface area (Å²) in [5, 5.41) is 6.59. The van der Waals surface area contributed by atoms with E-state index in [1.165, 1.54) is 38.5 Å². The Morgan fingerprint density at radius 3 is 2.88 bits per heavy atom. The molecule has 0 spiro atoms. The van der Waals surface area contributed by atoms with Crippen LogP contribution in [0.2, 0.25) is 0 Å². The van der Waals surface area contributed by atoms with Crippen LogP contribution in [0.5, 0.6) is 0 Å². The van der Waals surface area contributed by atoms with Crippen molar-refractivity contribution in [2.24, 2.45) is 5.92 Å². The highest BCUT2D eigenvalue weighted by Crippen LogP contribution is 2.33. The van der Waals surface area contributed by atoms with Gasteiger partial charge in [-0.1, -0.05) is 32.6 Å². The molecule has 2 aliphatic rings. The summed E-state index contributed by atoms with van der Waals surface area (Å²) >= 11 is 0. The van der Waals surface area contributed by atoms with Gasteiger partial charge in [-0.15, -0.1) is 0 Å². The van der Waals surface area contributed by atoms with Crippen LogP contribution in [0.15, 0.2) is 0 Å². The van der Waals surface area contributed by atoms with Gasteiger partial charge < -0.3 is 10.6 Å². The van der Waals surface area contributed by atoms with Crippen molar-refractivity contribution in [2.45, 2.75) is 70.4 Å². The fourth-order valence-electron chi connectivity index (χ4n) is 3.23. The largest absolute Gasteiger partial charge is 0.355 e. The first-order valence-electron chi connectivity index (χ1n) is 7.35. The predicted octanol–water partition coefficient (Wildman–Crippen LogP) is 2.21. The molecule has 0 radical (unpaired) electrons. The van der Waals surface area contributed by atoms with Crippen LogP contribution in [0.4, 0.5) is 0 Å². The van der Waals surface area contributed by atoms with Crippen LogP contribution in [-0.4, -0.2) is 24.5 Å². The molecule has 1 aliphatic heterocycles. The number of hydrogen-bond acceptors (Lipinski definition) is 2. The maximum Gasteiger partial charge on any atom is 0.237 e. The Morgan fingerprint density at radius 1 is 1.29 bits per heavy atom. The predicted molar refractivity (Wildman–Crippen MR) is 69.8 cm³/mol. The van der Waals surface area contributed by atoms with Crippen LogP contribution in [0.3, 0.4) is 0 Å². The molecule has 1 saturated carbocycles. The number of hydrogen-bond donors (Lipinski definition) is 2. The Labute approximate surface area is 105 Å². The molecular formula is C14H26N2O. The second-order valence-electron chi connectivity index (χ2n) is 5.60. The highest BCUT2D eigenvalue weighted by Gasteiger charge is 2.37. The molecule has 3 nitrogen and oxygen atoms in total. The molecule has 2 rings (SSSR count). The smallest absolute Gasteiger partial charge is 0.237 e. The van der Waals surface area contributed by atoms with Gasteiger partial charge in [0.1, 0.15) is 0 Å². The van der Waals surface area contributed by atoms with Crippen molar-refractivity contribution >= 4 is 5.91 Å². The molecule has 0 bridgehead atoms. The van der Waals surface area contributed by atoms with E-state index >= 15 is 0 Å². The van der Waals surface area contributed by atoms with Gasteiger partial charge in [0.2, 0.25) is 5.91 Å². The monoisotopic (exact) mass is 238 g/mol. The molecule has 1 saturated heterocycles. The Kier molecular flexibility index (Phi) is 4.84. The van der Waals surface area contributed by atoms with Crippen molar-refractivity contribution in [3.05, 3.63) is 0 Å². The van der Waals surface area contributed by atoms with Gasteiger partial charge in [-0.05, 0) is 31.6 Å². The third-order valence-electron chi connectivity index (χ3n) is 4.26. The van der Waals surface area contributed by atoms with Gasteiger partial charge in [0, 0.05) is 12.6 Å². The van der Waals surface area contributed by atoms with Crippen molar-refractivity contribution in [3.63, 3.8) is 0 Å². The number of nitrogens with one attached hydrogen (secondary N) is 2. The molecule has 3 unspecified atom stereocenters. The molecule has 2 N–H and O–H groups in total. The fraction of sp³-hybridized carbons (Fsp3) is 0.929. The minimum atomic E-state index is 0.0877. The summed E-state index contributed by atoms with van der Waals surface area (Å²) in [6, 6.07) is 0.708. The number of amides is 1. The highest BCUT2D eigenvalue weighted by atomic mass is 16.2. The van der Waals surface area contributed by atoms with Crippen LogP contribution in [0.25, 0.3) is 0 Å². The summed E-state index contributed by atoms with van der Waals surface area (Å²) in [4.78, 5) is 12.0. The van der Waals surface area contributed by atoms with Gasteiger partial charge in [-0.3, -0.25) is 4.79 Å². The summed E-state index contributed by atoms with van der Waals surface area (Å²) < 4.78 is 0. The minimum absolute atomic E-state index is 0.0877. The molecule has 1 aliphatic carbocycles. The zero-order valence-electron chi connectivity index (χ0n) is 11.0. The van der Waals surface area contributed by atoms with Crippen molar-refractivity contribution < 1.29 is 4.79 Å². The van der Waals surface area contributed by atoms with Crippen molar-refractivity contribution in [2.75, 3.05) is 6.54 Å². The quantitative estimate of drug-likeness (QED) is 0.721. The second-order valence-corrected chi connectivity index (χ2v) is 5.60. The molecule has 0 aromatic carbocycles. The van der Waals surface area contributed by atoms with Crippen LogP contribution < -0.4 is 10.6 Å². The first kappa shape index (κ1) is 12.9. The van der Waals surface area contributed by atoms with E-state index in [4.69, 9.17) is 0 Å². The number of rotatable bonds is 5. The number of carbonyl (C=O) groups is 1. The summed E-state index contributed by atoms with van der Waals surface area (Å²) in [6.07, 6.45) is 9.87. The maximum atomic E-state index is 12.0. The molecule has 1 amide bonds. The molecular weight excluding hydrogens is 212 g/mol. The Bertz CT molecular complexity index is 241. The highest BCUT2D eigenvalue weighted by molar-refractivity contribution is 5.82. The van der Waals surface area contributed by atoms with Gasteiger partial charge >= 0.3 is 0 Å². The standard InChI is InChI=1S/C14H26N2O/c1-2-3-6-9-15-14(17)13-10-11-7-4-5-8-12(11)16-13/h11-13,16H,2-10H2,1H3,(H,15,17). The van der Waals surface area contributed by atoms with Crippen LogP contribution in [0, 0.1) is 5.92 Å². The molecule has 0 aromatic heterocycles. The van der Waals surface area contributed by atoms with Gasteiger partial charge in [0.25, 0.3) is 0 Å². The lowest BCUT2D eigenvalue weighted by Gasteiger charge is -2.24. The Morgan fingerprint density at radius 2 is 2.12 bits per heavy atom. The molecule has 2 fully saturated rings. The maximum absolute atomic E-state index is 12.0. The zero-order chi connectivity index (χ0) is 12.1. The van der Waals surface area contributed by atoms with Crippen molar-refractivity contribution in [3.8, 4) is 0 Å². The molecule has 98 valence electrons. The lowest BCUT2D eigenvalue weighted by molar-refractivity contribution is -0.122. The minimum Gasteiger partial charge on any atom is -0.355 e. The van der Waals surface area contributed by atoms with E-state index in [0.29, 0.717) is 6.04 Å². The molecule has 3 atom stereocenters. The Hall–Kier alpha value is -0.570. The lowest BCUT2D eigenvalue weighted by atomic mass is 9.85. The van der Waals surface area contributed by atoms with Crippen LogP contribution in [0.1, 0.15) is 58.3 Å². The third kappa shape index (κ3) is 3.44. The van der Waals surface area contributed by atoms with Crippen molar-refractivity contribution in [1.29, 1.82) is 0 Å². The first-order valence-corrected chi connectivity index (χ1v) is 7.35. The average molecular weight is 238 g/mol. The molecule has 0 aromatic rings. The average Bonchev–Trinajstić information content (AvgIpc) is 2.78. The van der Waals surface area contributed by atoms with E-state index in [-0.39, 0.29) is 11.9 Å². The first-order chi connectivity index (χ1) is 8.31. The van der Waals surface area contributed by atoms with E-state index in [2.05, 4.69) is 17.6 Å². The van der Waals surface area contributed by atoms with Gasteiger partial charge in [-0.2, -0.15) is 0 Å². The van der Waals surface area contributed by atoms with Gasteiger partial charge in [0.15, 0.2) is 0 Å². The van der Waals surface area contributed by atoms with E-state index in [1.54, 1.807) is 0 Å². The van der Waals surface area contributed by atoms with Crippen LogP contribution >= 0.6 is 0 Å². The molecule has 3 heteroatoms. The van der Waals surface area contributed by atoms with E-state index in [9.17, 15) is 4.79 Å². The van der Waals surface area contributed by atoms with Crippen molar-refractivity contribution in [1.82, 2.24) is 10.6 Å². The van der Waals surface area contributed by atoms with E-state index in [0.717, 1.165) is 25.3 Å².